The van der Waals surface area contributed by atoms with Gasteiger partial charge in [0.15, 0.2) is 23.1 Å². The molecule has 0 radical (unpaired) electrons. The molecule has 0 saturated carbocycles. The number of nitrogens with zero attached hydrogens (tertiary/aromatic N) is 4. The number of furan rings is 2. The van der Waals surface area contributed by atoms with Gasteiger partial charge in [-0.1, -0.05) is 146 Å². The lowest BCUT2D eigenvalue weighted by atomic mass is 10.0. The van der Waals surface area contributed by atoms with Crippen molar-refractivity contribution in [3.05, 3.63) is 206 Å². The lowest BCUT2D eigenvalue weighted by molar-refractivity contribution is 0.666. The Balaban J connectivity index is 0.962. The number of para-hydroxylation sites is 3. The summed E-state index contributed by atoms with van der Waals surface area (Å²) in [4.78, 5) is 15.6. The summed E-state index contributed by atoms with van der Waals surface area (Å²) in [6.07, 6.45) is 0. The normalized spacial score (nSPS) is 12.0. The molecule has 0 aliphatic heterocycles. The Bertz CT molecular complexity index is 4240. The summed E-state index contributed by atoms with van der Waals surface area (Å²) in [5, 5.41) is 11.2. The van der Waals surface area contributed by atoms with Crippen molar-refractivity contribution in [3.8, 4) is 51.0 Å². The highest BCUT2D eigenvalue weighted by atomic mass is 16.3. The molecule has 302 valence electrons. The second-order valence-corrected chi connectivity index (χ2v) is 16.8. The van der Waals surface area contributed by atoms with Crippen LogP contribution in [0.15, 0.2) is 215 Å². The van der Waals surface area contributed by atoms with Gasteiger partial charge in [-0.05, 0) is 93.3 Å². The number of hydrogen-bond donors (Lipinski definition) is 0. The fourth-order valence-electron chi connectivity index (χ4n) is 9.90. The van der Waals surface area contributed by atoms with Gasteiger partial charge >= 0.3 is 0 Å². The van der Waals surface area contributed by atoms with E-state index in [0.29, 0.717) is 17.5 Å². The number of fused-ring (bicyclic) bond motifs is 12. The molecule has 0 aliphatic rings. The molecule has 10 aromatic carbocycles. The minimum Gasteiger partial charge on any atom is -0.456 e. The minimum absolute atomic E-state index is 0.583. The van der Waals surface area contributed by atoms with Crippen molar-refractivity contribution in [1.29, 1.82) is 0 Å². The first-order chi connectivity index (χ1) is 32.2. The zero-order valence-electron chi connectivity index (χ0n) is 34.7. The molecule has 14 rings (SSSR count). The van der Waals surface area contributed by atoms with Gasteiger partial charge in [0, 0.05) is 49.0 Å². The molecule has 0 spiro atoms. The molecule has 6 nitrogen and oxygen atoms in total. The number of rotatable bonds is 5. The molecule has 0 saturated heterocycles. The molecule has 4 aromatic heterocycles. The quantitative estimate of drug-likeness (QED) is 0.173. The molecule has 0 unspecified atom stereocenters. The van der Waals surface area contributed by atoms with Crippen LogP contribution >= 0.6 is 0 Å². The lowest BCUT2D eigenvalue weighted by Crippen LogP contribution is -2.00. The Morgan fingerprint density at radius 3 is 1.72 bits per heavy atom. The molecule has 65 heavy (non-hydrogen) atoms. The van der Waals surface area contributed by atoms with Crippen LogP contribution in [0.2, 0.25) is 0 Å². The van der Waals surface area contributed by atoms with Crippen molar-refractivity contribution < 1.29 is 8.83 Å². The zero-order chi connectivity index (χ0) is 42.6. The van der Waals surface area contributed by atoms with Crippen LogP contribution < -0.4 is 0 Å². The first-order valence-electron chi connectivity index (χ1n) is 21.8. The number of hydrogen-bond acceptors (Lipinski definition) is 5. The van der Waals surface area contributed by atoms with Crippen LogP contribution in [0.4, 0.5) is 0 Å². The zero-order valence-corrected chi connectivity index (χ0v) is 34.7. The molecule has 0 fully saturated rings. The fourth-order valence-corrected chi connectivity index (χ4v) is 9.90. The average Bonchev–Trinajstić information content (AvgIpc) is 4.05. The third-order valence-electron chi connectivity index (χ3n) is 13.0. The summed E-state index contributed by atoms with van der Waals surface area (Å²) < 4.78 is 15.5. The van der Waals surface area contributed by atoms with Crippen LogP contribution in [0.1, 0.15) is 0 Å². The van der Waals surface area contributed by atoms with Crippen LogP contribution in [0.3, 0.4) is 0 Å². The summed E-state index contributed by atoms with van der Waals surface area (Å²) in [5.41, 5.74) is 11.5. The fraction of sp³-hybridized carbons (Fsp3) is 0. The maximum Gasteiger partial charge on any atom is 0.164 e. The maximum absolute atomic E-state index is 6.93. The van der Waals surface area contributed by atoms with Crippen molar-refractivity contribution in [2.24, 2.45) is 0 Å². The van der Waals surface area contributed by atoms with Crippen LogP contribution in [0.5, 0.6) is 0 Å². The number of aromatic nitrogens is 4. The number of benzene rings is 10. The van der Waals surface area contributed by atoms with Gasteiger partial charge in [0.2, 0.25) is 0 Å². The van der Waals surface area contributed by atoms with E-state index in [1.807, 2.05) is 36.4 Å². The molecule has 14 aromatic rings. The molecular weight excluding hydrogens is 797 g/mol. The van der Waals surface area contributed by atoms with Crippen molar-refractivity contribution in [3.63, 3.8) is 0 Å². The first-order valence-corrected chi connectivity index (χ1v) is 21.8. The van der Waals surface area contributed by atoms with Crippen LogP contribution in [-0.4, -0.2) is 19.5 Å². The summed E-state index contributed by atoms with van der Waals surface area (Å²) in [6, 6.07) is 72.2. The summed E-state index contributed by atoms with van der Waals surface area (Å²) in [6.45, 7) is 0. The Morgan fingerprint density at radius 1 is 0.308 bits per heavy atom. The van der Waals surface area contributed by atoms with E-state index in [-0.39, 0.29) is 0 Å². The van der Waals surface area contributed by atoms with Gasteiger partial charge in [-0.3, -0.25) is 0 Å². The summed E-state index contributed by atoms with van der Waals surface area (Å²) >= 11 is 0. The van der Waals surface area contributed by atoms with Crippen molar-refractivity contribution in [1.82, 2.24) is 19.5 Å². The molecule has 0 aliphatic carbocycles. The first kappa shape index (κ1) is 35.7. The topological polar surface area (TPSA) is 69.9 Å². The van der Waals surface area contributed by atoms with Gasteiger partial charge in [-0.25, -0.2) is 15.0 Å². The smallest absolute Gasteiger partial charge is 0.164 e. The Morgan fingerprint density at radius 2 is 0.892 bits per heavy atom. The van der Waals surface area contributed by atoms with Crippen LogP contribution in [0, 0.1) is 0 Å². The molecular formula is C59H34N4O2. The highest BCUT2D eigenvalue weighted by molar-refractivity contribution is 6.21. The second-order valence-electron chi connectivity index (χ2n) is 16.8. The standard InChI is InChI=1S/C59H34N4O2/c1-2-11-35(12-3-1)36-21-24-38(25-22-36)57-60-58(62-59(61-57)42-28-29-53-48(33-42)44-16-7-9-20-52(44)64-53)41-26-23-37-27-30-54-55(46(37)32-41)45-17-10-19-50(56(45)65-54)63-49-18-8-6-15-43(49)47-31-39-13-4-5-14-40(39)34-51(47)63/h1-34H. The highest BCUT2D eigenvalue weighted by Crippen LogP contribution is 2.42. The summed E-state index contributed by atoms with van der Waals surface area (Å²) in [5.74, 6) is 1.76. The SMILES string of the molecule is c1ccc(-c2ccc(-c3nc(-c4ccc5oc6ccccc6c5c4)nc(-c4ccc5ccc6oc7c(-n8c9ccccc9c9cc%10ccccc%10cc98)cccc7c6c5c4)n3)cc2)cc1. The molecule has 4 heterocycles. The van der Waals surface area contributed by atoms with Crippen molar-refractivity contribution in [2.75, 3.05) is 0 Å². The Labute approximate surface area is 371 Å². The second kappa shape index (κ2) is 13.8. The van der Waals surface area contributed by atoms with E-state index in [1.165, 1.54) is 21.5 Å². The van der Waals surface area contributed by atoms with E-state index >= 15 is 0 Å². The van der Waals surface area contributed by atoms with E-state index in [9.17, 15) is 0 Å². The van der Waals surface area contributed by atoms with Gasteiger partial charge in [-0.2, -0.15) is 0 Å². The van der Waals surface area contributed by atoms with Crippen LogP contribution in [0.25, 0.3) is 138 Å². The average molecular weight is 831 g/mol. The third kappa shape index (κ3) is 5.57. The monoisotopic (exact) mass is 830 g/mol. The van der Waals surface area contributed by atoms with E-state index in [4.69, 9.17) is 23.8 Å². The predicted molar refractivity (Wildman–Crippen MR) is 265 cm³/mol. The Kier molecular flexibility index (Phi) is 7.59. The third-order valence-corrected chi connectivity index (χ3v) is 13.0. The van der Waals surface area contributed by atoms with E-state index in [1.54, 1.807) is 0 Å². The van der Waals surface area contributed by atoms with Crippen molar-refractivity contribution >= 4 is 87.2 Å². The van der Waals surface area contributed by atoms with Gasteiger partial charge < -0.3 is 13.4 Å². The molecule has 0 N–H and O–H groups in total. The van der Waals surface area contributed by atoms with E-state index in [2.05, 4.69) is 174 Å². The van der Waals surface area contributed by atoms with E-state index < -0.39 is 0 Å². The Hall–Kier alpha value is -8.87. The largest absolute Gasteiger partial charge is 0.456 e. The van der Waals surface area contributed by atoms with Crippen molar-refractivity contribution in [2.45, 2.75) is 0 Å². The van der Waals surface area contributed by atoms with Gasteiger partial charge in [0.25, 0.3) is 0 Å². The van der Waals surface area contributed by atoms with Gasteiger partial charge in [0.05, 0.1) is 16.7 Å². The van der Waals surface area contributed by atoms with Gasteiger partial charge in [-0.15, -0.1) is 0 Å². The molecule has 6 heteroatoms. The highest BCUT2D eigenvalue weighted by Gasteiger charge is 2.21. The molecule has 0 atom stereocenters. The summed E-state index contributed by atoms with van der Waals surface area (Å²) in [7, 11) is 0. The van der Waals surface area contributed by atoms with Gasteiger partial charge in [0.1, 0.15) is 16.7 Å². The minimum atomic E-state index is 0.583. The lowest BCUT2D eigenvalue weighted by Gasteiger charge is -2.10. The molecule has 0 amide bonds. The molecule has 0 bridgehead atoms. The van der Waals surface area contributed by atoms with E-state index in [0.717, 1.165) is 99.2 Å². The predicted octanol–water partition coefficient (Wildman–Crippen LogP) is 15.7. The van der Waals surface area contributed by atoms with Crippen LogP contribution in [-0.2, 0) is 0 Å². The maximum atomic E-state index is 6.93.